The fraction of sp³-hybridized carbons (Fsp3) is 0.786. The van der Waals surface area contributed by atoms with E-state index in [2.05, 4.69) is 0 Å². The minimum absolute atomic E-state index is 0.176. The molecule has 0 radical (unpaired) electrons. The van der Waals surface area contributed by atoms with E-state index in [4.69, 9.17) is 18.9 Å². The average Bonchev–Trinajstić information content (AvgIpc) is 2.84. The lowest BCUT2D eigenvalue weighted by Crippen LogP contribution is -2.46. The van der Waals surface area contributed by atoms with E-state index in [-0.39, 0.29) is 12.3 Å². The number of carboxylic acid groups (broad SMARTS) is 2. The second-order valence-electron chi connectivity index (χ2n) is 12.2. The van der Waals surface area contributed by atoms with E-state index in [1.807, 2.05) is 0 Å². The molecule has 0 bridgehead atoms. The van der Waals surface area contributed by atoms with Crippen LogP contribution in [0.3, 0.4) is 0 Å². The number of ether oxygens (including phenoxy) is 4. The van der Waals surface area contributed by atoms with Crippen LogP contribution in [-0.2, 0) is 28.5 Å². The molecule has 2 aliphatic rings. The SMILES string of the molecule is CN(C(=O)OC(C)(C)C)[C@@H](CC1=COCCC1)C(=O)O.CN(C(=O)OC(C)(C)C)[C@@H](CC1CCCOC1)C(=O)O. The lowest BCUT2D eigenvalue weighted by atomic mass is 9.94. The standard InChI is InChI=1S/C14H25NO5.C14H23NO5/c2*1-14(2,3)20-13(18)15(4)11(12(16)17)8-10-6-5-7-19-9-10/h10-11H,5-9H2,1-4H3,(H,16,17);9,11H,5-8H2,1-4H3,(H,16,17)/t10?,11-;11-/m00/s1. The smallest absolute Gasteiger partial charge is 0.410 e. The highest BCUT2D eigenvalue weighted by Crippen LogP contribution is 2.23. The van der Waals surface area contributed by atoms with Gasteiger partial charge in [-0.15, -0.1) is 0 Å². The molecule has 12 heteroatoms. The molecule has 3 atom stereocenters. The Balaban J connectivity index is 0.000000400. The van der Waals surface area contributed by atoms with Crippen LogP contribution < -0.4 is 0 Å². The van der Waals surface area contributed by atoms with Gasteiger partial charge < -0.3 is 29.2 Å². The summed E-state index contributed by atoms with van der Waals surface area (Å²) in [5.41, 5.74) is -0.386. The van der Waals surface area contributed by atoms with E-state index in [0.717, 1.165) is 42.8 Å². The molecule has 2 amide bonds. The number of likely N-dealkylation sites (N-methyl/N-ethyl adjacent to an activating group) is 2. The third-order valence-electron chi connectivity index (χ3n) is 6.14. The maximum Gasteiger partial charge on any atom is 0.410 e. The first kappa shape index (κ1) is 35.0. The molecular weight excluding hydrogens is 524 g/mol. The van der Waals surface area contributed by atoms with Crippen LogP contribution in [0, 0.1) is 5.92 Å². The molecule has 2 N–H and O–H groups in total. The number of hydrogen-bond donors (Lipinski definition) is 2. The van der Waals surface area contributed by atoms with Gasteiger partial charge in [0.15, 0.2) is 0 Å². The highest BCUT2D eigenvalue weighted by Gasteiger charge is 2.33. The van der Waals surface area contributed by atoms with Crippen molar-refractivity contribution in [1.82, 2.24) is 9.80 Å². The van der Waals surface area contributed by atoms with Crippen molar-refractivity contribution in [3.8, 4) is 0 Å². The summed E-state index contributed by atoms with van der Waals surface area (Å²) in [5.74, 6) is -1.89. The van der Waals surface area contributed by atoms with E-state index in [0.29, 0.717) is 19.6 Å². The predicted molar refractivity (Wildman–Crippen MR) is 147 cm³/mol. The third kappa shape index (κ3) is 13.4. The Morgan fingerprint density at radius 3 is 1.82 bits per heavy atom. The summed E-state index contributed by atoms with van der Waals surface area (Å²) < 4.78 is 21.0. The highest BCUT2D eigenvalue weighted by atomic mass is 16.6. The van der Waals surface area contributed by atoms with Gasteiger partial charge in [0, 0.05) is 33.7 Å². The quantitative estimate of drug-likeness (QED) is 0.425. The van der Waals surface area contributed by atoms with Gasteiger partial charge in [0.2, 0.25) is 0 Å². The van der Waals surface area contributed by atoms with Gasteiger partial charge in [-0.25, -0.2) is 19.2 Å². The zero-order chi connectivity index (χ0) is 30.7. The molecule has 0 aromatic rings. The maximum atomic E-state index is 12.0. The Hall–Kier alpha value is -3.02. The van der Waals surface area contributed by atoms with Crippen LogP contribution >= 0.6 is 0 Å². The van der Waals surface area contributed by atoms with Gasteiger partial charge in [-0.3, -0.25) is 9.80 Å². The summed E-state index contributed by atoms with van der Waals surface area (Å²) in [6, 6.07) is -1.82. The number of carbonyl (C=O) groups is 4. The summed E-state index contributed by atoms with van der Waals surface area (Å²) >= 11 is 0. The van der Waals surface area contributed by atoms with E-state index < -0.39 is 47.4 Å². The zero-order valence-electron chi connectivity index (χ0n) is 25.2. The largest absolute Gasteiger partial charge is 0.501 e. The van der Waals surface area contributed by atoms with Gasteiger partial charge in [0.05, 0.1) is 12.9 Å². The van der Waals surface area contributed by atoms with Gasteiger partial charge in [-0.05, 0) is 85.1 Å². The second-order valence-corrected chi connectivity index (χ2v) is 12.2. The van der Waals surface area contributed by atoms with Crippen LogP contribution in [0.4, 0.5) is 9.59 Å². The van der Waals surface area contributed by atoms with Crippen molar-refractivity contribution in [2.75, 3.05) is 33.9 Å². The molecule has 1 unspecified atom stereocenters. The Kier molecular flexibility index (Phi) is 13.7. The number of nitrogens with zero attached hydrogens (tertiary/aromatic N) is 2. The summed E-state index contributed by atoms with van der Waals surface area (Å²) in [7, 11) is 2.91. The van der Waals surface area contributed by atoms with E-state index in [9.17, 15) is 29.4 Å². The molecule has 12 nitrogen and oxygen atoms in total. The van der Waals surface area contributed by atoms with Gasteiger partial charge in [-0.2, -0.15) is 0 Å². The molecule has 0 aliphatic carbocycles. The predicted octanol–water partition coefficient (Wildman–Crippen LogP) is 4.51. The number of aliphatic carboxylic acids is 2. The fourth-order valence-electron chi connectivity index (χ4n) is 4.06. The van der Waals surface area contributed by atoms with Crippen molar-refractivity contribution in [1.29, 1.82) is 0 Å². The topological polar surface area (TPSA) is 152 Å². The van der Waals surface area contributed by atoms with Crippen LogP contribution in [0.5, 0.6) is 0 Å². The Morgan fingerprint density at radius 1 is 0.900 bits per heavy atom. The molecule has 2 rings (SSSR count). The molecule has 230 valence electrons. The normalized spacial score (nSPS) is 18.9. The monoisotopic (exact) mass is 572 g/mol. The van der Waals surface area contributed by atoms with Crippen molar-refractivity contribution >= 4 is 24.1 Å². The Bertz CT molecular complexity index is 885. The minimum atomic E-state index is -1.05. The van der Waals surface area contributed by atoms with Crippen LogP contribution in [0.25, 0.3) is 0 Å². The van der Waals surface area contributed by atoms with Crippen molar-refractivity contribution in [2.24, 2.45) is 5.92 Å². The molecule has 0 aromatic carbocycles. The molecule has 0 saturated carbocycles. The first-order valence-electron chi connectivity index (χ1n) is 13.7. The van der Waals surface area contributed by atoms with Crippen molar-refractivity contribution in [3.63, 3.8) is 0 Å². The Morgan fingerprint density at radius 2 is 1.43 bits per heavy atom. The Labute approximate surface area is 237 Å². The fourth-order valence-corrected chi connectivity index (χ4v) is 4.06. The molecular formula is C28H48N2O10. The molecule has 2 heterocycles. The van der Waals surface area contributed by atoms with Gasteiger partial charge in [0.25, 0.3) is 0 Å². The van der Waals surface area contributed by atoms with Gasteiger partial charge in [-0.1, -0.05) is 0 Å². The van der Waals surface area contributed by atoms with Crippen molar-refractivity contribution < 1.29 is 48.3 Å². The zero-order valence-corrected chi connectivity index (χ0v) is 25.2. The molecule has 40 heavy (non-hydrogen) atoms. The van der Waals surface area contributed by atoms with Gasteiger partial charge >= 0.3 is 24.1 Å². The molecule has 2 aliphatic heterocycles. The highest BCUT2D eigenvalue weighted by molar-refractivity contribution is 5.80. The third-order valence-corrected chi connectivity index (χ3v) is 6.14. The number of carboxylic acids is 2. The molecule has 0 spiro atoms. The van der Waals surface area contributed by atoms with Gasteiger partial charge in [0.1, 0.15) is 23.3 Å². The van der Waals surface area contributed by atoms with E-state index in [1.54, 1.807) is 47.8 Å². The number of rotatable bonds is 8. The van der Waals surface area contributed by atoms with E-state index in [1.165, 1.54) is 19.0 Å². The summed E-state index contributed by atoms with van der Waals surface area (Å²) in [6.07, 6.45) is 4.54. The number of amides is 2. The summed E-state index contributed by atoms with van der Waals surface area (Å²) in [4.78, 5) is 48.9. The van der Waals surface area contributed by atoms with Crippen LogP contribution in [-0.4, -0.2) is 101 Å². The van der Waals surface area contributed by atoms with Crippen LogP contribution in [0.15, 0.2) is 11.8 Å². The van der Waals surface area contributed by atoms with E-state index >= 15 is 0 Å². The first-order valence-corrected chi connectivity index (χ1v) is 13.7. The summed E-state index contributed by atoms with van der Waals surface area (Å²) in [6.45, 7) is 12.4. The minimum Gasteiger partial charge on any atom is -0.501 e. The lowest BCUT2D eigenvalue weighted by molar-refractivity contribution is -0.144. The van der Waals surface area contributed by atoms with Crippen LogP contribution in [0.1, 0.15) is 80.1 Å². The van der Waals surface area contributed by atoms with Crippen molar-refractivity contribution in [3.05, 3.63) is 11.8 Å². The average molecular weight is 573 g/mol. The molecule has 0 aromatic heterocycles. The van der Waals surface area contributed by atoms with Crippen molar-refractivity contribution in [2.45, 2.75) is 103 Å². The molecule has 1 saturated heterocycles. The first-order chi connectivity index (χ1) is 18.4. The number of hydrogen-bond acceptors (Lipinski definition) is 8. The second kappa shape index (κ2) is 15.7. The number of carbonyl (C=O) groups excluding carboxylic acids is 2. The van der Waals surface area contributed by atoms with Crippen LogP contribution in [0.2, 0.25) is 0 Å². The lowest BCUT2D eigenvalue weighted by Gasteiger charge is -2.31. The molecule has 1 fully saturated rings. The maximum absolute atomic E-state index is 12.0. The summed E-state index contributed by atoms with van der Waals surface area (Å²) in [5, 5.41) is 18.6.